The van der Waals surface area contributed by atoms with Gasteiger partial charge in [-0.2, -0.15) is 26.3 Å². The average molecular weight is 406 g/mol. The first-order chi connectivity index (χ1) is 10.4. The fraction of sp³-hybridized carbons (Fsp3) is 0.625. The van der Waals surface area contributed by atoms with E-state index < -0.39 is 31.1 Å². The molecule has 1 aromatic rings. The number of halogens is 6. The zero-order chi connectivity index (χ0) is 19.6. The summed E-state index contributed by atoms with van der Waals surface area (Å²) in [6.07, 6.45) is 5.94. The van der Waals surface area contributed by atoms with Crippen LogP contribution in [0.2, 0.25) is 0 Å². The van der Waals surface area contributed by atoms with Gasteiger partial charge in [-0.05, 0) is 6.92 Å². The Hall–Kier alpha value is -1.39. The molecule has 1 atom stereocenters. The molecule has 0 aliphatic rings. The molecular formula is C8H12F6N4O4S2. The number of rotatable bonds is 3. The van der Waals surface area contributed by atoms with Gasteiger partial charge in [0.2, 0.25) is 6.33 Å². The number of aryl methyl sites for hydroxylation is 1. The molecule has 0 radical (unpaired) electrons. The smallest absolute Gasteiger partial charge is 0.421 e. The summed E-state index contributed by atoms with van der Waals surface area (Å²) in [5.41, 5.74) is -6.83. The fourth-order valence-electron chi connectivity index (χ4n) is 0.924. The van der Waals surface area contributed by atoms with E-state index in [0.29, 0.717) is 0 Å². The van der Waals surface area contributed by atoms with Crippen molar-refractivity contribution in [2.75, 3.05) is 0 Å². The molecule has 1 unspecified atom stereocenters. The molecule has 2 N–H and O–H groups in total. The number of nitrogens with zero attached hydrogens (tertiary/aromatic N) is 3. The summed E-state index contributed by atoms with van der Waals surface area (Å²) in [6.45, 7) is 1.94. The van der Waals surface area contributed by atoms with Crippen molar-refractivity contribution in [3.05, 3.63) is 22.8 Å². The van der Waals surface area contributed by atoms with Crippen LogP contribution in [0.25, 0.3) is 4.13 Å². The highest BCUT2D eigenvalue weighted by molar-refractivity contribution is 8.13. The van der Waals surface area contributed by atoms with Gasteiger partial charge in [0.1, 0.15) is 18.6 Å². The number of aromatic nitrogens is 2. The minimum absolute atomic E-state index is 0.0752. The molecule has 0 spiro atoms. The van der Waals surface area contributed by atoms with E-state index in [1.165, 1.54) is 0 Å². The van der Waals surface area contributed by atoms with E-state index in [-0.39, 0.29) is 6.17 Å². The molecule has 1 aromatic heterocycles. The topological polar surface area (TPSA) is 117 Å². The number of sulfonamides is 2. The van der Waals surface area contributed by atoms with Crippen LogP contribution in [0.15, 0.2) is 18.7 Å². The van der Waals surface area contributed by atoms with E-state index in [1.54, 1.807) is 0 Å². The van der Waals surface area contributed by atoms with Crippen LogP contribution in [0.3, 0.4) is 0 Å². The summed E-state index contributed by atoms with van der Waals surface area (Å²) in [5, 5.41) is 0. The van der Waals surface area contributed by atoms with Crippen LogP contribution in [-0.4, -0.2) is 32.4 Å². The predicted octanol–water partition coefficient (Wildman–Crippen LogP) is 0.849. The lowest BCUT2D eigenvalue weighted by molar-refractivity contribution is -0.671. The van der Waals surface area contributed by atoms with Crippen molar-refractivity contribution in [1.29, 1.82) is 0 Å². The monoisotopic (exact) mass is 406 g/mol. The van der Waals surface area contributed by atoms with E-state index in [9.17, 15) is 43.2 Å². The fourth-order valence-corrected chi connectivity index (χ4v) is 2.63. The van der Waals surface area contributed by atoms with Gasteiger partial charge in [-0.15, -0.1) is 0 Å². The molecule has 24 heavy (non-hydrogen) atoms. The normalized spacial score (nSPS) is 14.7. The zero-order valence-electron chi connectivity index (χ0n) is 11.9. The lowest BCUT2D eigenvalue weighted by atomic mass is 10.6. The molecule has 0 saturated heterocycles. The van der Waals surface area contributed by atoms with Gasteiger partial charge < -0.3 is 4.13 Å². The van der Waals surface area contributed by atoms with Crippen molar-refractivity contribution in [1.82, 2.24) is 4.57 Å². The molecule has 0 aromatic carbocycles. The predicted molar refractivity (Wildman–Crippen MR) is 67.8 cm³/mol. The van der Waals surface area contributed by atoms with Crippen LogP contribution >= 0.6 is 0 Å². The quantitative estimate of drug-likeness (QED) is 0.590. The Morgan fingerprint density at radius 2 is 1.42 bits per heavy atom. The van der Waals surface area contributed by atoms with Crippen molar-refractivity contribution < 1.29 is 47.7 Å². The standard InChI is InChI=1S/C6H12N3.C2F6NO4S2/c1-6(7)9-4-3-8(2)5-9;3-1(4,5)14(10,11)9-15(12,13)2(6,7)8/h3-6H,7H2,1-2H3;/q+1;-1. The maximum atomic E-state index is 11.4. The molecule has 16 heteroatoms. The van der Waals surface area contributed by atoms with Crippen LogP contribution < -0.4 is 10.3 Å². The molecule has 0 bridgehead atoms. The maximum absolute atomic E-state index is 11.4. The Bertz CT molecular complexity index is 708. The molecule has 142 valence electrons. The van der Waals surface area contributed by atoms with Crippen molar-refractivity contribution >= 4 is 20.0 Å². The van der Waals surface area contributed by atoms with Gasteiger partial charge in [-0.1, -0.05) is 0 Å². The van der Waals surface area contributed by atoms with E-state index >= 15 is 0 Å². The van der Waals surface area contributed by atoms with Crippen LogP contribution in [0.1, 0.15) is 13.1 Å². The molecule has 0 saturated carbocycles. The van der Waals surface area contributed by atoms with Gasteiger partial charge in [0.05, 0.1) is 7.05 Å². The maximum Gasteiger partial charge on any atom is 0.480 e. The van der Waals surface area contributed by atoms with Crippen LogP contribution in [0.5, 0.6) is 0 Å². The first-order valence-electron chi connectivity index (χ1n) is 5.56. The van der Waals surface area contributed by atoms with Crippen LogP contribution in [-0.2, 0) is 27.1 Å². The second kappa shape index (κ2) is 7.24. The Labute approximate surface area is 133 Å². The summed E-state index contributed by atoms with van der Waals surface area (Å²) in [6, 6.07) is 0. The van der Waals surface area contributed by atoms with Crippen molar-refractivity contribution in [3.8, 4) is 0 Å². The molecule has 1 rings (SSSR count). The SMILES string of the molecule is CC(N)n1cc[n+](C)c1.O=S(=O)([N-]S(=O)(=O)C(F)(F)F)C(F)(F)F. The Morgan fingerprint density at radius 1 is 1.04 bits per heavy atom. The Balaban J connectivity index is 0.000000496. The summed E-state index contributed by atoms with van der Waals surface area (Å²) in [5.74, 6) is 0. The molecule has 0 fully saturated rings. The number of alkyl halides is 6. The van der Waals surface area contributed by atoms with Gasteiger partial charge in [-0.25, -0.2) is 26.0 Å². The second-order valence-corrected chi connectivity index (χ2v) is 7.61. The van der Waals surface area contributed by atoms with Gasteiger partial charge in [0.25, 0.3) is 0 Å². The Morgan fingerprint density at radius 3 is 1.58 bits per heavy atom. The highest BCUT2D eigenvalue weighted by Crippen LogP contribution is 2.36. The summed E-state index contributed by atoms with van der Waals surface area (Å²) in [4.78, 5) is 0. The van der Waals surface area contributed by atoms with E-state index in [4.69, 9.17) is 5.73 Å². The first kappa shape index (κ1) is 22.6. The number of hydrogen-bond acceptors (Lipinski definition) is 5. The van der Waals surface area contributed by atoms with Crippen molar-refractivity contribution in [3.63, 3.8) is 0 Å². The third-order valence-electron chi connectivity index (χ3n) is 2.04. The highest BCUT2D eigenvalue weighted by atomic mass is 32.3. The summed E-state index contributed by atoms with van der Waals surface area (Å²) >= 11 is 0. The summed E-state index contributed by atoms with van der Waals surface area (Å²) < 4.78 is 113. The largest absolute Gasteiger partial charge is 0.480 e. The number of imidazole rings is 1. The molecule has 8 nitrogen and oxygen atoms in total. The highest BCUT2D eigenvalue weighted by Gasteiger charge is 2.46. The number of nitrogens with two attached hydrogens (primary N) is 1. The first-order valence-corrected chi connectivity index (χ1v) is 8.44. The minimum Gasteiger partial charge on any atom is -0.421 e. The lowest BCUT2D eigenvalue weighted by Crippen LogP contribution is -2.30. The zero-order valence-corrected chi connectivity index (χ0v) is 13.6. The minimum atomic E-state index is -6.72. The molecular weight excluding hydrogens is 394 g/mol. The van der Waals surface area contributed by atoms with Crippen molar-refractivity contribution in [2.45, 2.75) is 24.1 Å². The van der Waals surface area contributed by atoms with E-state index in [1.807, 2.05) is 41.8 Å². The third kappa shape index (κ3) is 6.25. The van der Waals surface area contributed by atoms with Crippen LogP contribution in [0, 0.1) is 0 Å². The molecule has 0 aliphatic heterocycles. The van der Waals surface area contributed by atoms with Gasteiger partial charge in [-0.3, -0.25) is 5.73 Å². The lowest BCUT2D eigenvalue weighted by Gasteiger charge is -2.22. The molecule has 0 aliphatic carbocycles. The van der Waals surface area contributed by atoms with Crippen molar-refractivity contribution in [2.24, 2.45) is 12.8 Å². The van der Waals surface area contributed by atoms with E-state index in [2.05, 4.69) is 0 Å². The molecule has 0 amide bonds. The Kier molecular flexibility index (Phi) is 6.82. The molecule has 1 heterocycles. The second-order valence-electron chi connectivity index (χ2n) is 4.18. The number of hydrogen-bond donors (Lipinski definition) is 1. The van der Waals surface area contributed by atoms with E-state index in [0.717, 1.165) is 4.13 Å². The van der Waals surface area contributed by atoms with Gasteiger partial charge in [0, 0.05) is 0 Å². The van der Waals surface area contributed by atoms with Gasteiger partial charge >= 0.3 is 11.0 Å². The third-order valence-corrected chi connectivity index (χ3v) is 4.78. The summed E-state index contributed by atoms with van der Waals surface area (Å²) in [7, 11) is -11.5. The average Bonchev–Trinajstić information content (AvgIpc) is 2.72. The van der Waals surface area contributed by atoms with Crippen LogP contribution in [0.4, 0.5) is 26.3 Å². The van der Waals surface area contributed by atoms with Gasteiger partial charge in [0.15, 0.2) is 20.0 Å².